The smallest absolute Gasteiger partial charge is 0.277 e. The van der Waals surface area contributed by atoms with Gasteiger partial charge in [-0.2, -0.15) is 0 Å². The van der Waals surface area contributed by atoms with Crippen molar-refractivity contribution < 1.29 is 19.5 Å². The number of ether oxygens (including phenoxy) is 2. The summed E-state index contributed by atoms with van der Waals surface area (Å²) in [6, 6.07) is 7.84. The molecule has 40 heavy (non-hydrogen) atoms. The maximum atomic E-state index is 11.6. The van der Waals surface area contributed by atoms with Gasteiger partial charge in [-0.25, -0.2) is 30.4 Å². The Morgan fingerprint density at radius 3 is 2.48 bits per heavy atom. The zero-order chi connectivity index (χ0) is 28.2. The fourth-order valence-corrected chi connectivity index (χ4v) is 4.30. The summed E-state index contributed by atoms with van der Waals surface area (Å²) in [5.41, 5.74) is 4.04. The number of aryl methyl sites for hydroxylation is 1. The van der Waals surface area contributed by atoms with E-state index >= 15 is 0 Å². The van der Waals surface area contributed by atoms with Crippen molar-refractivity contribution in [3.63, 3.8) is 0 Å². The molecule has 0 atom stereocenters. The number of carbonyl (C=O) groups is 1. The number of amides is 1. The third-order valence-electron chi connectivity index (χ3n) is 6.52. The number of hydroxylamine groups is 1. The normalized spacial score (nSPS) is 13.6. The van der Waals surface area contributed by atoms with E-state index in [-0.39, 0.29) is 5.56 Å². The molecule has 1 aliphatic rings. The summed E-state index contributed by atoms with van der Waals surface area (Å²) in [4.78, 5) is 38.9. The third kappa shape index (κ3) is 5.80. The SMILES string of the molecule is CC(C)COc1ccc(-c2nc(N3CCOCC3)c3nc(CN(C)c4ncc(C(=O)NO)cn4)n(C)c3n2)cc1. The van der Waals surface area contributed by atoms with Crippen molar-refractivity contribution in [2.24, 2.45) is 13.0 Å². The van der Waals surface area contributed by atoms with E-state index in [4.69, 9.17) is 29.6 Å². The molecule has 0 radical (unpaired) electrons. The fourth-order valence-electron chi connectivity index (χ4n) is 4.30. The first kappa shape index (κ1) is 27.2. The van der Waals surface area contributed by atoms with Crippen LogP contribution in [0.15, 0.2) is 36.7 Å². The highest BCUT2D eigenvalue weighted by atomic mass is 16.5. The molecule has 5 rings (SSSR count). The Balaban J connectivity index is 1.48. The number of aromatic nitrogens is 6. The molecular formula is C27H33N9O4. The fraction of sp³-hybridized carbons (Fsp3) is 0.407. The van der Waals surface area contributed by atoms with Crippen LogP contribution in [0, 0.1) is 5.92 Å². The zero-order valence-corrected chi connectivity index (χ0v) is 23.0. The first-order chi connectivity index (χ1) is 19.3. The number of benzene rings is 1. The highest BCUT2D eigenvalue weighted by Gasteiger charge is 2.23. The molecule has 13 nitrogen and oxygen atoms in total. The average molecular weight is 548 g/mol. The van der Waals surface area contributed by atoms with Crippen LogP contribution in [0.3, 0.4) is 0 Å². The van der Waals surface area contributed by atoms with Gasteiger partial charge < -0.3 is 23.8 Å². The van der Waals surface area contributed by atoms with Gasteiger partial charge in [0.25, 0.3) is 5.91 Å². The molecule has 0 unspecified atom stereocenters. The zero-order valence-electron chi connectivity index (χ0n) is 23.0. The summed E-state index contributed by atoms with van der Waals surface area (Å²) < 4.78 is 13.4. The summed E-state index contributed by atoms with van der Waals surface area (Å²) in [6.45, 7) is 7.93. The average Bonchev–Trinajstić information content (AvgIpc) is 3.30. The maximum Gasteiger partial charge on any atom is 0.277 e. The molecule has 13 heteroatoms. The van der Waals surface area contributed by atoms with Crippen molar-refractivity contribution in [2.45, 2.75) is 20.4 Å². The van der Waals surface area contributed by atoms with E-state index in [1.54, 1.807) is 5.48 Å². The molecule has 0 bridgehead atoms. The van der Waals surface area contributed by atoms with E-state index in [0.29, 0.717) is 68.3 Å². The van der Waals surface area contributed by atoms with E-state index in [1.165, 1.54) is 12.4 Å². The highest BCUT2D eigenvalue weighted by molar-refractivity contribution is 5.92. The van der Waals surface area contributed by atoms with E-state index in [2.05, 4.69) is 28.7 Å². The van der Waals surface area contributed by atoms with Crippen LogP contribution in [0.25, 0.3) is 22.6 Å². The number of nitrogens with zero attached hydrogens (tertiary/aromatic N) is 8. The second kappa shape index (κ2) is 11.8. The molecule has 0 saturated carbocycles. The van der Waals surface area contributed by atoms with Crippen LogP contribution in [0.2, 0.25) is 0 Å². The molecule has 3 aromatic heterocycles. The lowest BCUT2D eigenvalue weighted by atomic mass is 10.2. The molecule has 4 heterocycles. The predicted octanol–water partition coefficient (Wildman–Crippen LogP) is 2.45. The van der Waals surface area contributed by atoms with E-state index < -0.39 is 5.91 Å². The number of morpholine rings is 1. The van der Waals surface area contributed by atoms with Gasteiger partial charge in [-0.05, 0) is 30.2 Å². The van der Waals surface area contributed by atoms with Gasteiger partial charge in [0.2, 0.25) is 5.95 Å². The molecule has 2 N–H and O–H groups in total. The van der Waals surface area contributed by atoms with Crippen LogP contribution in [-0.4, -0.2) is 80.6 Å². The summed E-state index contributed by atoms with van der Waals surface area (Å²) in [5, 5.41) is 8.82. The van der Waals surface area contributed by atoms with Gasteiger partial charge in [-0.1, -0.05) is 13.8 Å². The summed E-state index contributed by atoms with van der Waals surface area (Å²) >= 11 is 0. The summed E-state index contributed by atoms with van der Waals surface area (Å²) in [7, 11) is 3.76. The second-order valence-corrected chi connectivity index (χ2v) is 10.0. The standard InChI is InChI=1S/C27H33N9O4/c1-17(2)16-40-20-7-5-18(6-8-20)23-31-24-22(25(32-23)36-9-11-39-12-10-36)30-21(35(24)4)15-34(3)27-28-13-19(14-29-27)26(37)33-38/h5-8,13-14,17,38H,9-12,15-16H2,1-4H3,(H,33,37). The van der Waals surface area contributed by atoms with Gasteiger partial charge in [-0.15, -0.1) is 0 Å². The maximum absolute atomic E-state index is 11.6. The summed E-state index contributed by atoms with van der Waals surface area (Å²) in [6.07, 6.45) is 2.71. The molecule has 4 aromatic rings. The van der Waals surface area contributed by atoms with Crippen molar-refractivity contribution >= 4 is 28.8 Å². The van der Waals surface area contributed by atoms with Gasteiger partial charge in [0.05, 0.1) is 31.9 Å². The van der Waals surface area contributed by atoms with Crippen molar-refractivity contribution in [1.29, 1.82) is 0 Å². The molecular weight excluding hydrogens is 514 g/mol. The van der Waals surface area contributed by atoms with Crippen molar-refractivity contribution in [1.82, 2.24) is 35.0 Å². The topological polar surface area (TPSA) is 144 Å². The van der Waals surface area contributed by atoms with E-state index in [1.807, 2.05) is 47.8 Å². The van der Waals surface area contributed by atoms with Crippen LogP contribution >= 0.6 is 0 Å². The molecule has 1 aliphatic heterocycles. The molecule has 1 amide bonds. The van der Waals surface area contributed by atoms with Gasteiger partial charge in [0.1, 0.15) is 11.6 Å². The predicted molar refractivity (Wildman–Crippen MR) is 148 cm³/mol. The number of carbonyl (C=O) groups excluding carboxylic acids is 1. The van der Waals surface area contributed by atoms with Gasteiger partial charge in [0.15, 0.2) is 22.8 Å². The number of rotatable bonds is 9. The number of nitrogens with one attached hydrogen (secondary N) is 1. The molecule has 0 spiro atoms. The Labute approximate surface area is 231 Å². The Hall–Kier alpha value is -4.36. The number of hydrogen-bond donors (Lipinski definition) is 2. The Bertz CT molecular complexity index is 1470. The van der Waals surface area contributed by atoms with Crippen LogP contribution in [-0.2, 0) is 18.3 Å². The van der Waals surface area contributed by atoms with Crippen LogP contribution in [0.5, 0.6) is 5.75 Å². The first-order valence-electron chi connectivity index (χ1n) is 13.1. The van der Waals surface area contributed by atoms with Gasteiger partial charge in [0, 0.05) is 45.1 Å². The number of anilines is 2. The van der Waals surface area contributed by atoms with Crippen molar-refractivity contribution in [3.8, 4) is 17.1 Å². The molecule has 1 fully saturated rings. The lowest BCUT2D eigenvalue weighted by Gasteiger charge is -2.28. The Morgan fingerprint density at radius 2 is 1.82 bits per heavy atom. The first-order valence-corrected chi connectivity index (χ1v) is 13.1. The number of imidazole rings is 1. The lowest BCUT2D eigenvalue weighted by molar-refractivity contribution is 0.0705. The van der Waals surface area contributed by atoms with Crippen molar-refractivity contribution in [2.75, 3.05) is 49.8 Å². The molecule has 1 aromatic carbocycles. The molecule has 1 saturated heterocycles. The summed E-state index contributed by atoms with van der Waals surface area (Å²) in [5.74, 6) is 3.10. The van der Waals surface area contributed by atoms with E-state index in [0.717, 1.165) is 23.0 Å². The highest BCUT2D eigenvalue weighted by Crippen LogP contribution is 2.29. The van der Waals surface area contributed by atoms with Crippen LogP contribution in [0.1, 0.15) is 30.0 Å². The lowest BCUT2D eigenvalue weighted by Crippen LogP contribution is -2.37. The number of hydrogen-bond acceptors (Lipinski definition) is 11. The van der Waals surface area contributed by atoms with Gasteiger partial charge >= 0.3 is 0 Å². The Morgan fingerprint density at radius 1 is 1.12 bits per heavy atom. The van der Waals surface area contributed by atoms with E-state index in [9.17, 15) is 4.79 Å². The van der Waals surface area contributed by atoms with Crippen molar-refractivity contribution in [3.05, 3.63) is 48.0 Å². The minimum Gasteiger partial charge on any atom is -0.493 e. The van der Waals surface area contributed by atoms with Crippen LogP contribution < -0.4 is 20.0 Å². The monoisotopic (exact) mass is 547 g/mol. The Kier molecular flexibility index (Phi) is 8.03. The molecule has 0 aliphatic carbocycles. The quantitative estimate of drug-likeness (QED) is 0.235. The van der Waals surface area contributed by atoms with Crippen LogP contribution in [0.4, 0.5) is 11.8 Å². The minimum absolute atomic E-state index is 0.153. The third-order valence-corrected chi connectivity index (χ3v) is 6.52. The largest absolute Gasteiger partial charge is 0.493 e. The molecule has 210 valence electrons. The number of fused-ring (bicyclic) bond motifs is 1. The second-order valence-electron chi connectivity index (χ2n) is 10.0. The minimum atomic E-state index is -0.674. The van der Waals surface area contributed by atoms with Gasteiger partial charge in [-0.3, -0.25) is 10.0 Å².